The maximum atomic E-state index is 12.3. The number of aromatic nitrogens is 1. The number of hydrogen-bond acceptors (Lipinski definition) is 4. The van der Waals surface area contributed by atoms with Crippen molar-refractivity contribution in [3.63, 3.8) is 0 Å². The van der Waals surface area contributed by atoms with Crippen molar-refractivity contribution in [2.75, 3.05) is 6.54 Å². The summed E-state index contributed by atoms with van der Waals surface area (Å²) in [7, 11) is 0. The highest BCUT2D eigenvalue weighted by Crippen LogP contribution is 2.28. The van der Waals surface area contributed by atoms with E-state index in [1.165, 1.54) is 18.3 Å². The molecule has 1 aromatic heterocycles. The Balaban J connectivity index is 2.08. The molecule has 0 unspecified atom stereocenters. The first-order valence-corrected chi connectivity index (χ1v) is 6.08. The lowest BCUT2D eigenvalue weighted by atomic mass is 10.2. The molecule has 2 rings (SSSR count). The minimum atomic E-state index is -0.244. The first-order chi connectivity index (χ1) is 9.11. The van der Waals surface area contributed by atoms with Gasteiger partial charge in [-0.05, 0) is 18.9 Å². The second-order valence-corrected chi connectivity index (χ2v) is 4.51. The van der Waals surface area contributed by atoms with E-state index in [0.29, 0.717) is 18.5 Å². The van der Waals surface area contributed by atoms with Gasteiger partial charge in [-0.1, -0.05) is 5.16 Å². The molecule has 1 amide bonds. The van der Waals surface area contributed by atoms with Gasteiger partial charge >= 0.3 is 0 Å². The highest BCUT2D eigenvalue weighted by Gasteiger charge is 2.32. The molecule has 7 nitrogen and oxygen atoms in total. The van der Waals surface area contributed by atoms with E-state index in [0.717, 1.165) is 12.8 Å². The van der Waals surface area contributed by atoms with Crippen LogP contribution >= 0.6 is 0 Å². The number of oxime groups is 1. The number of rotatable bonds is 5. The molecule has 0 radical (unpaired) electrons. The Labute approximate surface area is 109 Å². The van der Waals surface area contributed by atoms with E-state index < -0.39 is 0 Å². The van der Waals surface area contributed by atoms with Gasteiger partial charge in [-0.15, -0.1) is 0 Å². The van der Waals surface area contributed by atoms with E-state index in [1.54, 1.807) is 4.90 Å². The van der Waals surface area contributed by atoms with Crippen molar-refractivity contribution in [1.82, 2.24) is 9.88 Å². The average molecular weight is 264 g/mol. The molecule has 0 saturated heterocycles. The maximum Gasteiger partial charge on any atom is 0.255 e. The van der Waals surface area contributed by atoms with Gasteiger partial charge in [0.15, 0.2) is 0 Å². The van der Waals surface area contributed by atoms with Gasteiger partial charge in [0.25, 0.3) is 5.91 Å². The van der Waals surface area contributed by atoms with Crippen molar-refractivity contribution in [3.05, 3.63) is 34.2 Å². The third kappa shape index (κ3) is 3.34. The monoisotopic (exact) mass is 264 g/mol. The number of amidine groups is 1. The van der Waals surface area contributed by atoms with Gasteiger partial charge in [0.1, 0.15) is 5.84 Å². The molecule has 1 aliphatic rings. The Hall–Kier alpha value is -2.31. The average Bonchev–Trinajstić information content (AvgIpc) is 3.24. The molecule has 1 aliphatic carbocycles. The second-order valence-electron chi connectivity index (χ2n) is 4.51. The van der Waals surface area contributed by atoms with Crippen LogP contribution < -0.4 is 11.3 Å². The number of carbonyl (C=O) groups is 1. The molecule has 0 aliphatic heterocycles. The van der Waals surface area contributed by atoms with Crippen molar-refractivity contribution in [2.24, 2.45) is 10.9 Å². The predicted octanol–water partition coefficient (Wildman–Crippen LogP) is 0.116. The molecular formula is C12H16N4O3. The van der Waals surface area contributed by atoms with Gasteiger partial charge in [-0.25, -0.2) is 0 Å². The van der Waals surface area contributed by atoms with Crippen LogP contribution in [0.25, 0.3) is 0 Å². The summed E-state index contributed by atoms with van der Waals surface area (Å²) in [5.41, 5.74) is 5.61. The van der Waals surface area contributed by atoms with E-state index in [-0.39, 0.29) is 23.3 Å². The summed E-state index contributed by atoms with van der Waals surface area (Å²) in [5.74, 6) is -0.0515. The van der Waals surface area contributed by atoms with Gasteiger partial charge in [0.2, 0.25) is 5.56 Å². The minimum absolute atomic E-state index is 0.0971. The van der Waals surface area contributed by atoms with Crippen LogP contribution in [-0.4, -0.2) is 39.4 Å². The van der Waals surface area contributed by atoms with Crippen molar-refractivity contribution in [3.8, 4) is 0 Å². The van der Waals surface area contributed by atoms with E-state index >= 15 is 0 Å². The van der Waals surface area contributed by atoms with Gasteiger partial charge in [0.05, 0.1) is 5.56 Å². The van der Waals surface area contributed by atoms with Gasteiger partial charge in [-0.2, -0.15) is 0 Å². The fraction of sp³-hybridized carbons (Fsp3) is 0.417. The van der Waals surface area contributed by atoms with E-state index in [2.05, 4.69) is 10.1 Å². The normalized spacial score (nSPS) is 15.3. The van der Waals surface area contributed by atoms with E-state index in [1.807, 2.05) is 0 Å². The number of nitrogens with two attached hydrogens (primary N) is 1. The lowest BCUT2D eigenvalue weighted by Gasteiger charge is -2.22. The number of carbonyl (C=O) groups excluding carboxylic acids is 1. The molecule has 0 atom stereocenters. The molecular weight excluding hydrogens is 248 g/mol. The SMILES string of the molecule is N/C(CCN(C(=O)c1ccc(=O)[nH]c1)C1CC1)=N/O. The Morgan fingerprint density at radius 3 is 2.79 bits per heavy atom. The zero-order valence-corrected chi connectivity index (χ0v) is 10.4. The lowest BCUT2D eigenvalue weighted by Crippen LogP contribution is -2.36. The molecule has 1 saturated carbocycles. The molecule has 0 spiro atoms. The Morgan fingerprint density at radius 2 is 2.26 bits per heavy atom. The van der Waals surface area contributed by atoms with E-state index in [4.69, 9.17) is 10.9 Å². The number of H-pyrrole nitrogens is 1. The third-order valence-electron chi connectivity index (χ3n) is 3.02. The summed E-state index contributed by atoms with van der Waals surface area (Å²) < 4.78 is 0. The van der Waals surface area contributed by atoms with Crippen LogP contribution in [0.5, 0.6) is 0 Å². The molecule has 102 valence electrons. The highest BCUT2D eigenvalue weighted by molar-refractivity contribution is 5.94. The number of nitrogens with one attached hydrogen (secondary N) is 1. The lowest BCUT2D eigenvalue weighted by molar-refractivity contribution is 0.0747. The summed E-state index contributed by atoms with van der Waals surface area (Å²) in [6.45, 7) is 0.401. The van der Waals surface area contributed by atoms with Crippen LogP contribution in [0.15, 0.2) is 28.3 Å². The number of amides is 1. The fourth-order valence-corrected chi connectivity index (χ4v) is 1.83. The summed E-state index contributed by atoms with van der Waals surface area (Å²) in [6.07, 6.45) is 3.65. The smallest absolute Gasteiger partial charge is 0.255 e. The van der Waals surface area contributed by atoms with Crippen molar-refractivity contribution in [1.29, 1.82) is 0 Å². The highest BCUT2D eigenvalue weighted by atomic mass is 16.4. The first-order valence-electron chi connectivity index (χ1n) is 6.08. The van der Waals surface area contributed by atoms with Crippen molar-refractivity contribution >= 4 is 11.7 Å². The summed E-state index contributed by atoms with van der Waals surface area (Å²) in [4.78, 5) is 27.5. The number of nitrogens with zero attached hydrogens (tertiary/aromatic N) is 2. The molecule has 19 heavy (non-hydrogen) atoms. The second kappa shape index (κ2) is 5.55. The zero-order valence-electron chi connectivity index (χ0n) is 10.4. The van der Waals surface area contributed by atoms with Crippen LogP contribution in [0.3, 0.4) is 0 Å². The predicted molar refractivity (Wildman–Crippen MR) is 69.1 cm³/mol. The molecule has 4 N–H and O–H groups in total. The molecule has 1 aromatic rings. The van der Waals surface area contributed by atoms with Gasteiger partial charge in [0, 0.05) is 31.3 Å². The number of pyridine rings is 1. The summed E-state index contributed by atoms with van der Waals surface area (Å²) in [5, 5.41) is 11.4. The number of hydrogen-bond donors (Lipinski definition) is 3. The maximum absolute atomic E-state index is 12.3. The molecule has 1 heterocycles. The van der Waals surface area contributed by atoms with Gasteiger partial charge < -0.3 is 20.8 Å². The largest absolute Gasteiger partial charge is 0.409 e. The minimum Gasteiger partial charge on any atom is -0.409 e. The van der Waals surface area contributed by atoms with Crippen molar-refractivity contribution < 1.29 is 10.0 Å². The van der Waals surface area contributed by atoms with Gasteiger partial charge in [-0.3, -0.25) is 9.59 Å². The zero-order chi connectivity index (χ0) is 13.8. The summed E-state index contributed by atoms with van der Waals surface area (Å²) >= 11 is 0. The fourth-order valence-electron chi connectivity index (χ4n) is 1.83. The van der Waals surface area contributed by atoms with Crippen LogP contribution in [-0.2, 0) is 0 Å². The van der Waals surface area contributed by atoms with Crippen LogP contribution in [0, 0.1) is 0 Å². The number of aromatic amines is 1. The molecule has 0 bridgehead atoms. The summed E-state index contributed by atoms with van der Waals surface area (Å²) in [6, 6.07) is 3.04. The van der Waals surface area contributed by atoms with Crippen LogP contribution in [0.1, 0.15) is 29.6 Å². The molecule has 7 heteroatoms. The quantitative estimate of drug-likeness (QED) is 0.303. The molecule has 1 fully saturated rings. The van der Waals surface area contributed by atoms with Crippen LogP contribution in [0.4, 0.5) is 0 Å². The van der Waals surface area contributed by atoms with E-state index in [9.17, 15) is 9.59 Å². The Bertz CT molecular complexity index is 528. The molecule has 0 aromatic carbocycles. The Kier molecular flexibility index (Phi) is 3.84. The topological polar surface area (TPSA) is 112 Å². The first kappa shape index (κ1) is 13.1. The van der Waals surface area contributed by atoms with Crippen LogP contribution in [0.2, 0.25) is 0 Å². The Morgan fingerprint density at radius 1 is 1.53 bits per heavy atom. The van der Waals surface area contributed by atoms with Crippen molar-refractivity contribution in [2.45, 2.75) is 25.3 Å². The third-order valence-corrected chi connectivity index (χ3v) is 3.02. The standard InChI is InChI=1S/C12H16N4O3/c13-10(15-19)5-6-16(9-2-3-9)12(18)8-1-4-11(17)14-7-8/h1,4,7,9,19H,2-3,5-6H2,(H2,13,15)(H,14,17).